The number of aryl methyl sites for hydroxylation is 2. The molecule has 0 spiro atoms. The zero-order valence-electron chi connectivity index (χ0n) is 11.4. The molecule has 0 saturated heterocycles. The Morgan fingerprint density at radius 1 is 1.42 bits per heavy atom. The highest BCUT2D eigenvalue weighted by atomic mass is 32.1. The summed E-state index contributed by atoms with van der Waals surface area (Å²) in [5.74, 6) is 0.884. The maximum absolute atomic E-state index is 4.80. The molecular formula is C15H19N3S. The molecule has 3 nitrogen and oxygen atoms in total. The Kier molecular flexibility index (Phi) is 3.62. The average Bonchev–Trinajstić information content (AvgIpc) is 2.85. The monoisotopic (exact) mass is 273 g/mol. The number of hydrogen-bond donors (Lipinski definition) is 1. The van der Waals surface area contributed by atoms with E-state index in [2.05, 4.69) is 34.9 Å². The van der Waals surface area contributed by atoms with Crippen molar-refractivity contribution in [2.24, 2.45) is 0 Å². The standard InChI is InChI=1S/C15H19N3S/c1-3-16-13-5-4-6-14-11(13)7-17-15(18-14)12-9-19-8-10(12)2/h7-9,13,16H,3-6H2,1-2H3. The van der Waals surface area contributed by atoms with Crippen LogP contribution in [-0.4, -0.2) is 16.5 Å². The maximum Gasteiger partial charge on any atom is 0.160 e. The van der Waals surface area contributed by atoms with Crippen LogP contribution in [0.1, 0.15) is 42.6 Å². The molecular weight excluding hydrogens is 254 g/mol. The van der Waals surface area contributed by atoms with Crippen molar-refractivity contribution in [2.45, 2.75) is 39.2 Å². The molecule has 2 heterocycles. The van der Waals surface area contributed by atoms with Gasteiger partial charge in [0.2, 0.25) is 0 Å². The van der Waals surface area contributed by atoms with Gasteiger partial charge in [0.05, 0.1) is 0 Å². The first-order valence-electron chi connectivity index (χ1n) is 6.92. The molecule has 1 N–H and O–H groups in total. The lowest BCUT2D eigenvalue weighted by atomic mass is 9.92. The predicted molar refractivity (Wildman–Crippen MR) is 79.4 cm³/mol. The van der Waals surface area contributed by atoms with Crippen LogP contribution in [0.5, 0.6) is 0 Å². The fraction of sp³-hybridized carbons (Fsp3) is 0.467. The van der Waals surface area contributed by atoms with Crippen LogP contribution < -0.4 is 5.32 Å². The number of aromatic nitrogens is 2. The van der Waals surface area contributed by atoms with Crippen molar-refractivity contribution in [1.29, 1.82) is 0 Å². The molecule has 4 heteroatoms. The van der Waals surface area contributed by atoms with Crippen molar-refractivity contribution >= 4 is 11.3 Å². The first kappa shape index (κ1) is 12.8. The Balaban J connectivity index is 1.98. The van der Waals surface area contributed by atoms with E-state index in [9.17, 15) is 0 Å². The van der Waals surface area contributed by atoms with E-state index >= 15 is 0 Å². The summed E-state index contributed by atoms with van der Waals surface area (Å²) in [6.07, 6.45) is 5.52. The minimum Gasteiger partial charge on any atom is -0.310 e. The lowest BCUT2D eigenvalue weighted by Gasteiger charge is -2.25. The summed E-state index contributed by atoms with van der Waals surface area (Å²) >= 11 is 1.71. The van der Waals surface area contributed by atoms with Crippen LogP contribution in [0.3, 0.4) is 0 Å². The van der Waals surface area contributed by atoms with Gasteiger partial charge in [0, 0.05) is 34.4 Å². The molecule has 1 aliphatic rings. The van der Waals surface area contributed by atoms with Gasteiger partial charge in [-0.25, -0.2) is 9.97 Å². The minimum atomic E-state index is 0.436. The Bertz CT molecular complexity index is 577. The van der Waals surface area contributed by atoms with Crippen LogP contribution in [0.4, 0.5) is 0 Å². The number of rotatable bonds is 3. The third-order valence-electron chi connectivity index (χ3n) is 3.73. The van der Waals surface area contributed by atoms with Gasteiger partial charge in [-0.05, 0) is 43.7 Å². The number of thiophene rings is 1. The summed E-state index contributed by atoms with van der Waals surface area (Å²) in [6, 6.07) is 0.436. The lowest BCUT2D eigenvalue weighted by molar-refractivity contribution is 0.464. The van der Waals surface area contributed by atoms with E-state index < -0.39 is 0 Å². The van der Waals surface area contributed by atoms with Gasteiger partial charge < -0.3 is 5.32 Å². The SMILES string of the molecule is CCNC1CCCc2nc(-c3cscc3C)ncc21. The van der Waals surface area contributed by atoms with Gasteiger partial charge in [-0.1, -0.05) is 6.92 Å². The van der Waals surface area contributed by atoms with Gasteiger partial charge in [-0.3, -0.25) is 0 Å². The van der Waals surface area contributed by atoms with Crippen LogP contribution >= 0.6 is 11.3 Å². The second-order valence-corrected chi connectivity index (χ2v) is 5.81. The average molecular weight is 273 g/mol. The minimum absolute atomic E-state index is 0.436. The molecule has 0 saturated carbocycles. The quantitative estimate of drug-likeness (QED) is 0.930. The van der Waals surface area contributed by atoms with Crippen molar-refractivity contribution in [3.8, 4) is 11.4 Å². The maximum atomic E-state index is 4.80. The second kappa shape index (κ2) is 5.39. The molecule has 100 valence electrons. The molecule has 1 aliphatic carbocycles. The molecule has 2 aromatic rings. The predicted octanol–water partition coefficient (Wildman–Crippen LogP) is 3.50. The van der Waals surface area contributed by atoms with Crippen molar-refractivity contribution < 1.29 is 0 Å². The normalized spacial score (nSPS) is 18.3. The molecule has 0 aliphatic heterocycles. The number of nitrogens with one attached hydrogen (secondary N) is 1. The molecule has 0 bridgehead atoms. The van der Waals surface area contributed by atoms with Crippen LogP contribution in [-0.2, 0) is 6.42 Å². The topological polar surface area (TPSA) is 37.8 Å². The van der Waals surface area contributed by atoms with Gasteiger partial charge in [-0.2, -0.15) is 11.3 Å². The molecule has 0 aromatic carbocycles. The Morgan fingerprint density at radius 2 is 2.32 bits per heavy atom. The van der Waals surface area contributed by atoms with Gasteiger partial charge in [0.25, 0.3) is 0 Å². The van der Waals surface area contributed by atoms with E-state index in [1.807, 2.05) is 6.20 Å². The summed E-state index contributed by atoms with van der Waals surface area (Å²) in [6.45, 7) is 5.27. The highest BCUT2D eigenvalue weighted by Gasteiger charge is 2.21. The molecule has 1 atom stereocenters. The van der Waals surface area contributed by atoms with Crippen molar-refractivity contribution in [3.05, 3.63) is 33.8 Å². The van der Waals surface area contributed by atoms with Crippen LogP contribution in [0.25, 0.3) is 11.4 Å². The summed E-state index contributed by atoms with van der Waals surface area (Å²) in [7, 11) is 0. The summed E-state index contributed by atoms with van der Waals surface area (Å²) in [4.78, 5) is 9.39. The molecule has 2 aromatic heterocycles. The Labute approximate surface area is 118 Å². The van der Waals surface area contributed by atoms with Crippen LogP contribution in [0.15, 0.2) is 17.0 Å². The van der Waals surface area contributed by atoms with Gasteiger partial charge in [0.1, 0.15) is 0 Å². The second-order valence-electron chi connectivity index (χ2n) is 5.07. The first-order valence-corrected chi connectivity index (χ1v) is 7.86. The molecule has 1 unspecified atom stereocenters. The number of fused-ring (bicyclic) bond motifs is 1. The molecule has 0 amide bonds. The van der Waals surface area contributed by atoms with E-state index in [4.69, 9.17) is 4.98 Å². The third-order valence-corrected chi connectivity index (χ3v) is 4.59. The van der Waals surface area contributed by atoms with Crippen molar-refractivity contribution in [3.63, 3.8) is 0 Å². The summed E-state index contributed by atoms with van der Waals surface area (Å²) in [5.41, 5.74) is 4.97. The van der Waals surface area contributed by atoms with Gasteiger partial charge in [-0.15, -0.1) is 0 Å². The molecule has 0 radical (unpaired) electrons. The van der Waals surface area contributed by atoms with Gasteiger partial charge in [0.15, 0.2) is 5.82 Å². The van der Waals surface area contributed by atoms with Crippen LogP contribution in [0.2, 0.25) is 0 Å². The molecule has 0 fully saturated rings. The lowest BCUT2D eigenvalue weighted by Crippen LogP contribution is -2.25. The number of nitrogens with zero attached hydrogens (tertiary/aromatic N) is 2. The zero-order chi connectivity index (χ0) is 13.2. The molecule has 3 rings (SSSR count). The largest absolute Gasteiger partial charge is 0.310 e. The molecule has 19 heavy (non-hydrogen) atoms. The van der Waals surface area contributed by atoms with Crippen molar-refractivity contribution in [1.82, 2.24) is 15.3 Å². The van der Waals surface area contributed by atoms with Gasteiger partial charge >= 0.3 is 0 Å². The Morgan fingerprint density at radius 3 is 3.05 bits per heavy atom. The van der Waals surface area contributed by atoms with E-state index in [0.29, 0.717) is 6.04 Å². The smallest absolute Gasteiger partial charge is 0.160 e. The fourth-order valence-corrected chi connectivity index (χ4v) is 3.55. The Hall–Kier alpha value is -1.26. The van der Waals surface area contributed by atoms with Crippen LogP contribution in [0, 0.1) is 6.92 Å². The van der Waals surface area contributed by atoms with E-state index in [1.54, 1.807) is 11.3 Å². The highest BCUT2D eigenvalue weighted by Crippen LogP contribution is 2.30. The fourth-order valence-electron chi connectivity index (χ4n) is 2.72. The number of hydrogen-bond acceptors (Lipinski definition) is 4. The van der Waals surface area contributed by atoms with E-state index in [1.165, 1.54) is 35.2 Å². The van der Waals surface area contributed by atoms with Crippen molar-refractivity contribution in [2.75, 3.05) is 6.54 Å². The first-order chi connectivity index (χ1) is 9.29. The highest BCUT2D eigenvalue weighted by molar-refractivity contribution is 7.08. The van der Waals surface area contributed by atoms with E-state index in [0.717, 1.165) is 18.8 Å². The summed E-state index contributed by atoms with van der Waals surface area (Å²) in [5, 5.41) is 7.82. The third kappa shape index (κ3) is 2.42. The zero-order valence-corrected chi connectivity index (χ0v) is 12.3. The summed E-state index contributed by atoms with van der Waals surface area (Å²) < 4.78 is 0. The van der Waals surface area contributed by atoms with E-state index in [-0.39, 0.29) is 0 Å².